The van der Waals surface area contributed by atoms with Gasteiger partial charge in [-0.05, 0) is 12.8 Å². The molecule has 1 aliphatic carbocycles. The summed E-state index contributed by atoms with van der Waals surface area (Å²) in [5.41, 5.74) is 5.20. The molecule has 0 atom stereocenters. The van der Waals surface area contributed by atoms with E-state index in [4.69, 9.17) is 5.73 Å². The molecule has 1 heterocycles. The van der Waals surface area contributed by atoms with Gasteiger partial charge in [0, 0.05) is 5.41 Å². The average Bonchev–Trinajstić information content (AvgIpc) is 2.76. The first-order chi connectivity index (χ1) is 7.10. The molecule has 15 heavy (non-hydrogen) atoms. The molecule has 1 fully saturated rings. The highest BCUT2D eigenvalue weighted by Crippen LogP contribution is 2.38. The van der Waals surface area contributed by atoms with Gasteiger partial charge < -0.3 is 5.73 Å². The number of nitrogen functional groups attached to an aromatic ring is 1. The molecule has 0 saturated heterocycles. The molecule has 6 heteroatoms. The number of nitrogens with one attached hydrogen (secondary N) is 1. The van der Waals surface area contributed by atoms with Crippen LogP contribution in [0.25, 0.3) is 0 Å². The first-order valence-corrected chi connectivity index (χ1v) is 5.82. The quantitative estimate of drug-likeness (QED) is 0.803. The Morgan fingerprint density at radius 3 is 2.67 bits per heavy atom. The topological polar surface area (TPSA) is 80.9 Å². The number of hydrogen-bond acceptors (Lipinski definition) is 5. The monoisotopic (exact) mass is 226 g/mol. The lowest BCUT2D eigenvalue weighted by atomic mass is 9.88. The van der Waals surface area contributed by atoms with E-state index in [0.717, 1.165) is 25.7 Å². The van der Waals surface area contributed by atoms with Crippen LogP contribution in [0.1, 0.15) is 32.6 Å². The van der Waals surface area contributed by atoms with Crippen molar-refractivity contribution in [3.63, 3.8) is 0 Å². The second-order valence-corrected chi connectivity index (χ2v) is 5.18. The van der Waals surface area contributed by atoms with Gasteiger partial charge in [-0.1, -0.05) is 31.1 Å². The van der Waals surface area contributed by atoms with E-state index in [2.05, 4.69) is 15.5 Å². The molecular formula is C9H14N4OS. The Hall–Kier alpha value is -1.17. The van der Waals surface area contributed by atoms with Crippen molar-refractivity contribution in [2.45, 2.75) is 32.6 Å². The molecule has 0 unspecified atom stereocenters. The van der Waals surface area contributed by atoms with Crippen molar-refractivity contribution >= 4 is 27.5 Å². The Morgan fingerprint density at radius 2 is 2.13 bits per heavy atom. The molecule has 5 nitrogen and oxygen atoms in total. The Kier molecular flexibility index (Phi) is 2.60. The van der Waals surface area contributed by atoms with E-state index in [9.17, 15) is 4.79 Å². The largest absolute Gasteiger partial charge is 0.374 e. The van der Waals surface area contributed by atoms with E-state index in [1.54, 1.807) is 0 Å². The number of anilines is 2. The fourth-order valence-electron chi connectivity index (χ4n) is 1.92. The van der Waals surface area contributed by atoms with Crippen LogP contribution >= 0.6 is 11.3 Å². The van der Waals surface area contributed by atoms with Crippen molar-refractivity contribution in [2.24, 2.45) is 5.41 Å². The van der Waals surface area contributed by atoms with Gasteiger partial charge in [-0.25, -0.2) is 0 Å². The summed E-state index contributed by atoms with van der Waals surface area (Å²) in [7, 11) is 0. The molecule has 1 aliphatic rings. The smallest absolute Gasteiger partial charge is 0.232 e. The highest BCUT2D eigenvalue weighted by Gasteiger charge is 2.36. The molecule has 0 spiro atoms. The molecule has 0 bridgehead atoms. The van der Waals surface area contributed by atoms with Gasteiger partial charge in [-0.15, -0.1) is 10.2 Å². The van der Waals surface area contributed by atoms with Crippen LogP contribution in [0.15, 0.2) is 0 Å². The third kappa shape index (κ3) is 2.09. The summed E-state index contributed by atoms with van der Waals surface area (Å²) in [6.07, 6.45) is 4.16. The predicted molar refractivity (Wildman–Crippen MR) is 59.5 cm³/mol. The number of hydrogen-bond donors (Lipinski definition) is 2. The lowest BCUT2D eigenvalue weighted by Gasteiger charge is -2.20. The number of nitrogens with two attached hydrogens (primary N) is 1. The first kappa shape index (κ1) is 10.4. The molecule has 0 radical (unpaired) electrons. The van der Waals surface area contributed by atoms with Gasteiger partial charge in [-0.2, -0.15) is 0 Å². The maximum absolute atomic E-state index is 11.9. The number of aromatic nitrogens is 2. The number of amides is 1. The molecule has 0 aromatic carbocycles. The molecule has 1 aromatic rings. The summed E-state index contributed by atoms with van der Waals surface area (Å²) in [4.78, 5) is 11.9. The van der Waals surface area contributed by atoms with Gasteiger partial charge in [0.2, 0.25) is 16.2 Å². The summed E-state index contributed by atoms with van der Waals surface area (Å²) >= 11 is 1.20. The zero-order chi connectivity index (χ0) is 10.9. The second kappa shape index (κ2) is 3.77. The van der Waals surface area contributed by atoms with Gasteiger partial charge in [-0.3, -0.25) is 10.1 Å². The molecule has 0 aliphatic heterocycles. The van der Waals surface area contributed by atoms with Gasteiger partial charge in [0.05, 0.1) is 0 Å². The predicted octanol–water partition coefficient (Wildman–Crippen LogP) is 1.64. The van der Waals surface area contributed by atoms with Crippen LogP contribution in [-0.2, 0) is 4.79 Å². The van der Waals surface area contributed by atoms with Crippen LogP contribution in [0.4, 0.5) is 10.3 Å². The van der Waals surface area contributed by atoms with E-state index in [1.807, 2.05) is 6.92 Å². The summed E-state index contributed by atoms with van der Waals surface area (Å²) in [5.74, 6) is 0.0381. The average molecular weight is 226 g/mol. The lowest BCUT2D eigenvalue weighted by molar-refractivity contribution is -0.124. The molecular weight excluding hydrogens is 212 g/mol. The van der Waals surface area contributed by atoms with Crippen LogP contribution in [0.2, 0.25) is 0 Å². The third-order valence-corrected chi connectivity index (χ3v) is 3.58. The lowest BCUT2D eigenvalue weighted by Crippen LogP contribution is -2.30. The molecule has 2 rings (SSSR count). The third-order valence-electron chi connectivity index (χ3n) is 2.92. The van der Waals surface area contributed by atoms with Gasteiger partial charge in [0.1, 0.15) is 0 Å². The van der Waals surface area contributed by atoms with Crippen molar-refractivity contribution < 1.29 is 4.79 Å². The van der Waals surface area contributed by atoms with Crippen LogP contribution in [0.3, 0.4) is 0 Å². The highest BCUT2D eigenvalue weighted by atomic mass is 32.1. The Balaban J connectivity index is 2.03. The fourth-order valence-corrected chi connectivity index (χ4v) is 2.42. The SMILES string of the molecule is CC1(C(=O)Nc2nnc(N)s2)CCCC1. The van der Waals surface area contributed by atoms with Gasteiger partial charge >= 0.3 is 0 Å². The zero-order valence-corrected chi connectivity index (χ0v) is 9.43. The van der Waals surface area contributed by atoms with Crippen LogP contribution < -0.4 is 11.1 Å². The summed E-state index contributed by atoms with van der Waals surface area (Å²) in [6.45, 7) is 2.00. The minimum atomic E-state index is -0.236. The highest BCUT2D eigenvalue weighted by molar-refractivity contribution is 7.18. The number of rotatable bonds is 2. The normalized spacial score (nSPS) is 19.0. The number of carbonyl (C=O) groups is 1. The van der Waals surface area contributed by atoms with Gasteiger partial charge in [0.25, 0.3) is 0 Å². The van der Waals surface area contributed by atoms with Crippen LogP contribution in [0.5, 0.6) is 0 Å². The molecule has 1 aromatic heterocycles. The summed E-state index contributed by atoms with van der Waals surface area (Å²) < 4.78 is 0. The van der Waals surface area contributed by atoms with Gasteiger partial charge in [0.15, 0.2) is 0 Å². The van der Waals surface area contributed by atoms with E-state index in [0.29, 0.717) is 10.3 Å². The van der Waals surface area contributed by atoms with E-state index >= 15 is 0 Å². The standard InChI is InChI=1S/C9H14N4OS/c1-9(4-2-3-5-9)6(14)11-8-13-12-7(10)15-8/h2-5H2,1H3,(H2,10,12)(H,11,13,14). The van der Waals surface area contributed by atoms with Crippen molar-refractivity contribution in [3.8, 4) is 0 Å². The minimum absolute atomic E-state index is 0.0381. The van der Waals surface area contributed by atoms with Crippen molar-refractivity contribution in [3.05, 3.63) is 0 Å². The summed E-state index contributed by atoms with van der Waals surface area (Å²) in [6, 6.07) is 0. The zero-order valence-electron chi connectivity index (χ0n) is 8.62. The molecule has 82 valence electrons. The second-order valence-electron chi connectivity index (χ2n) is 4.17. The van der Waals surface area contributed by atoms with E-state index < -0.39 is 0 Å². The first-order valence-electron chi connectivity index (χ1n) is 5.01. The van der Waals surface area contributed by atoms with Crippen molar-refractivity contribution in [1.29, 1.82) is 0 Å². The van der Waals surface area contributed by atoms with Crippen molar-refractivity contribution in [2.75, 3.05) is 11.1 Å². The number of nitrogens with zero attached hydrogens (tertiary/aromatic N) is 2. The van der Waals surface area contributed by atoms with Crippen LogP contribution in [0, 0.1) is 5.41 Å². The molecule has 1 saturated carbocycles. The maximum atomic E-state index is 11.9. The fraction of sp³-hybridized carbons (Fsp3) is 0.667. The molecule has 1 amide bonds. The Labute approximate surface area is 92.1 Å². The molecule has 3 N–H and O–H groups in total. The van der Waals surface area contributed by atoms with Crippen molar-refractivity contribution in [1.82, 2.24) is 10.2 Å². The Bertz CT molecular complexity index is 370. The Morgan fingerprint density at radius 1 is 1.47 bits per heavy atom. The van der Waals surface area contributed by atoms with Crippen LogP contribution in [-0.4, -0.2) is 16.1 Å². The number of carbonyl (C=O) groups excluding carboxylic acids is 1. The maximum Gasteiger partial charge on any atom is 0.232 e. The minimum Gasteiger partial charge on any atom is -0.374 e. The van der Waals surface area contributed by atoms with E-state index in [1.165, 1.54) is 11.3 Å². The summed E-state index contributed by atoms with van der Waals surface area (Å²) in [5, 5.41) is 11.1. The van der Waals surface area contributed by atoms with E-state index in [-0.39, 0.29) is 11.3 Å².